The van der Waals surface area contributed by atoms with Gasteiger partial charge in [0, 0.05) is 26.7 Å². The zero-order valence-corrected chi connectivity index (χ0v) is 23.2. The first-order valence-corrected chi connectivity index (χ1v) is 13.3. The second-order valence-electron chi connectivity index (χ2n) is 10.5. The Hall–Kier alpha value is -2.01. The molecule has 0 amide bonds. The third kappa shape index (κ3) is 12.3. The van der Waals surface area contributed by atoms with E-state index in [9.17, 15) is 23.7 Å². The minimum Gasteiger partial charge on any atom is -0.463 e. The van der Waals surface area contributed by atoms with E-state index in [1.54, 1.807) is 41.5 Å². The van der Waals surface area contributed by atoms with Gasteiger partial charge in [-0.2, -0.15) is 0 Å². The van der Waals surface area contributed by atoms with E-state index in [1.807, 2.05) is 0 Å². The zero-order valence-electron chi connectivity index (χ0n) is 22.3. The molecule has 0 aromatic carbocycles. The van der Waals surface area contributed by atoms with Gasteiger partial charge in [0.25, 0.3) is 0 Å². The van der Waals surface area contributed by atoms with Gasteiger partial charge >= 0.3 is 31.5 Å². The van der Waals surface area contributed by atoms with E-state index in [4.69, 9.17) is 32.7 Å². The molecule has 1 rings (SSSR count). The number of hydrogen-bond donors (Lipinski definition) is 0. The molecule has 0 aromatic rings. The molecule has 208 valence electrons. The largest absolute Gasteiger partial charge is 0.463 e. The van der Waals surface area contributed by atoms with Gasteiger partial charge < -0.3 is 23.7 Å². The van der Waals surface area contributed by atoms with Crippen LogP contribution in [0.5, 0.6) is 0 Å². The lowest BCUT2D eigenvalue weighted by Crippen LogP contribution is -2.42. The number of rotatable bonds is 11. The number of hydrogen-bond acceptors (Lipinski definition) is 12. The van der Waals surface area contributed by atoms with Crippen molar-refractivity contribution in [3.63, 3.8) is 0 Å². The van der Waals surface area contributed by atoms with Crippen molar-refractivity contribution in [2.45, 2.75) is 86.5 Å². The lowest BCUT2D eigenvalue weighted by atomic mass is 9.98. The highest BCUT2D eigenvalue weighted by molar-refractivity contribution is 7.53. The van der Waals surface area contributed by atoms with Crippen molar-refractivity contribution >= 4 is 31.5 Å². The number of carbonyl (C=O) groups excluding carboxylic acids is 4. The maximum Gasteiger partial charge on any atom is 0.339 e. The van der Waals surface area contributed by atoms with Gasteiger partial charge in [-0.05, 0) is 41.5 Å². The lowest BCUT2D eigenvalue weighted by molar-refractivity contribution is -0.167. The summed E-state index contributed by atoms with van der Waals surface area (Å²) < 4.78 is 50.5. The molecule has 3 atom stereocenters. The molecule has 1 aliphatic rings. The van der Waals surface area contributed by atoms with Crippen LogP contribution in [0.3, 0.4) is 0 Å². The molecule has 1 saturated heterocycles. The second-order valence-corrected chi connectivity index (χ2v) is 12.6. The van der Waals surface area contributed by atoms with Gasteiger partial charge in [-0.3, -0.25) is 32.8 Å². The highest BCUT2D eigenvalue weighted by atomic mass is 31.2. The standard InChI is InChI=1S/C23H39O12P/c1-15(24)29-11-18-9-17(34-16(2)25)10-19(35-18)12-36(28,32-13-30-20(26)22(3,4)5)33-14-31-21(27)23(6,7)8/h17-19H,9-14H2,1-8H3/t17?,18-,19-/m0/s1. The second kappa shape index (κ2) is 13.5. The van der Waals surface area contributed by atoms with Gasteiger partial charge in [0.15, 0.2) is 0 Å². The third-order valence-corrected chi connectivity index (χ3v) is 6.62. The van der Waals surface area contributed by atoms with Crippen molar-refractivity contribution in [1.82, 2.24) is 0 Å². The molecule has 0 saturated carbocycles. The van der Waals surface area contributed by atoms with E-state index in [0.717, 1.165) is 0 Å². The molecular weight excluding hydrogens is 499 g/mol. The van der Waals surface area contributed by atoms with Crippen molar-refractivity contribution in [3.05, 3.63) is 0 Å². The summed E-state index contributed by atoms with van der Waals surface area (Å²) in [5, 5.41) is 0. The van der Waals surface area contributed by atoms with Crippen LogP contribution in [0.1, 0.15) is 68.2 Å². The van der Waals surface area contributed by atoms with Crippen LogP contribution in [0.15, 0.2) is 0 Å². The summed E-state index contributed by atoms with van der Waals surface area (Å²) in [5.74, 6) is -2.19. The molecule has 0 spiro atoms. The Morgan fingerprint density at radius 1 is 0.778 bits per heavy atom. The van der Waals surface area contributed by atoms with Crippen LogP contribution >= 0.6 is 7.60 Å². The molecule has 12 nitrogen and oxygen atoms in total. The van der Waals surface area contributed by atoms with E-state index in [2.05, 4.69) is 0 Å². The predicted octanol–water partition coefficient (Wildman–Crippen LogP) is 3.35. The molecule has 1 aliphatic heterocycles. The number of esters is 4. The third-order valence-electron chi connectivity index (χ3n) is 4.77. The molecule has 0 radical (unpaired) electrons. The van der Waals surface area contributed by atoms with Crippen molar-refractivity contribution in [2.24, 2.45) is 10.8 Å². The fourth-order valence-corrected chi connectivity index (χ4v) is 4.42. The Kier molecular flexibility index (Phi) is 12.0. The van der Waals surface area contributed by atoms with E-state index in [0.29, 0.717) is 0 Å². The van der Waals surface area contributed by atoms with Gasteiger partial charge in [-0.1, -0.05) is 0 Å². The zero-order chi connectivity index (χ0) is 27.7. The van der Waals surface area contributed by atoms with E-state index in [-0.39, 0.29) is 25.6 Å². The minimum atomic E-state index is -4.06. The molecule has 0 aromatic heterocycles. The average Bonchev–Trinajstić information content (AvgIpc) is 2.70. The van der Waals surface area contributed by atoms with Gasteiger partial charge in [-0.15, -0.1) is 0 Å². The van der Waals surface area contributed by atoms with Crippen LogP contribution in [0.4, 0.5) is 0 Å². The normalized spacial score (nSPS) is 20.8. The molecule has 36 heavy (non-hydrogen) atoms. The average molecular weight is 539 g/mol. The van der Waals surface area contributed by atoms with Crippen LogP contribution in [0.2, 0.25) is 0 Å². The van der Waals surface area contributed by atoms with E-state index in [1.165, 1.54) is 13.8 Å². The topological polar surface area (TPSA) is 150 Å². The Morgan fingerprint density at radius 2 is 1.25 bits per heavy atom. The maximum atomic E-state index is 13.5. The van der Waals surface area contributed by atoms with Gasteiger partial charge in [0.05, 0.1) is 29.2 Å². The van der Waals surface area contributed by atoms with Crippen molar-refractivity contribution < 1.29 is 56.5 Å². The van der Waals surface area contributed by atoms with E-state index >= 15 is 0 Å². The van der Waals surface area contributed by atoms with Crippen LogP contribution in [0.25, 0.3) is 0 Å². The van der Waals surface area contributed by atoms with Gasteiger partial charge in [-0.25, -0.2) is 0 Å². The van der Waals surface area contributed by atoms with Crippen LogP contribution in [-0.4, -0.2) is 68.5 Å². The summed E-state index contributed by atoms with van der Waals surface area (Å²) >= 11 is 0. The fourth-order valence-electron chi connectivity index (χ4n) is 2.98. The molecule has 0 aliphatic carbocycles. The SMILES string of the molecule is CC(=O)OC[C@@H]1CC(OC(C)=O)C[C@@H](CP(=O)(OCOC(=O)C(C)(C)C)OCOC(=O)C(C)(C)C)O1. The molecular formula is C23H39O12P. The Balaban J connectivity index is 2.96. The highest BCUT2D eigenvalue weighted by Crippen LogP contribution is 2.50. The van der Waals surface area contributed by atoms with Crippen molar-refractivity contribution in [1.29, 1.82) is 0 Å². The molecule has 0 N–H and O–H groups in total. The quantitative estimate of drug-likeness (QED) is 0.164. The summed E-state index contributed by atoms with van der Waals surface area (Å²) in [5.41, 5.74) is -1.63. The molecule has 1 heterocycles. The minimum absolute atomic E-state index is 0.0952. The van der Waals surface area contributed by atoms with Crippen LogP contribution < -0.4 is 0 Å². The Labute approximate surface area is 212 Å². The van der Waals surface area contributed by atoms with Crippen LogP contribution in [0, 0.1) is 10.8 Å². The highest BCUT2D eigenvalue weighted by Gasteiger charge is 2.39. The number of carbonyl (C=O) groups is 4. The molecule has 1 unspecified atom stereocenters. The summed E-state index contributed by atoms with van der Waals surface area (Å²) in [6.45, 7) is 10.9. The first-order valence-electron chi connectivity index (χ1n) is 11.6. The predicted molar refractivity (Wildman–Crippen MR) is 126 cm³/mol. The summed E-state index contributed by atoms with van der Waals surface area (Å²) in [7, 11) is -4.06. The smallest absolute Gasteiger partial charge is 0.339 e. The molecule has 1 fully saturated rings. The molecule has 0 bridgehead atoms. The van der Waals surface area contributed by atoms with Crippen LogP contribution in [-0.2, 0) is 56.5 Å². The lowest BCUT2D eigenvalue weighted by Gasteiger charge is -2.35. The fraction of sp³-hybridized carbons (Fsp3) is 0.826. The summed E-state index contributed by atoms with van der Waals surface area (Å²) in [4.78, 5) is 46.8. The first kappa shape index (κ1) is 32.0. The molecule has 13 heteroatoms. The summed E-state index contributed by atoms with van der Waals surface area (Å²) in [6.07, 6.45) is -1.93. The van der Waals surface area contributed by atoms with Crippen molar-refractivity contribution in [2.75, 3.05) is 26.4 Å². The first-order chi connectivity index (χ1) is 16.4. The van der Waals surface area contributed by atoms with Gasteiger partial charge in [0.2, 0.25) is 13.6 Å². The van der Waals surface area contributed by atoms with Gasteiger partial charge in [0.1, 0.15) is 12.7 Å². The summed E-state index contributed by atoms with van der Waals surface area (Å²) in [6, 6.07) is 0. The van der Waals surface area contributed by atoms with E-state index < -0.39 is 74.2 Å². The van der Waals surface area contributed by atoms with Crippen molar-refractivity contribution in [3.8, 4) is 0 Å². The number of ether oxygens (including phenoxy) is 5. The Morgan fingerprint density at radius 3 is 1.67 bits per heavy atom. The monoisotopic (exact) mass is 538 g/mol. The Bertz CT molecular complexity index is 790. The maximum absolute atomic E-state index is 13.5.